The van der Waals surface area contributed by atoms with Gasteiger partial charge >= 0.3 is 0 Å². The first-order valence-electron chi connectivity index (χ1n) is 12.4. The number of hydrogen-bond donors (Lipinski definition) is 3. The highest BCUT2D eigenvalue weighted by molar-refractivity contribution is 5.89. The molecule has 0 fully saturated rings. The van der Waals surface area contributed by atoms with Gasteiger partial charge in [-0.15, -0.1) is 12.3 Å². The van der Waals surface area contributed by atoms with Gasteiger partial charge in [0.15, 0.2) is 0 Å². The van der Waals surface area contributed by atoms with Gasteiger partial charge in [-0.05, 0) is 49.3 Å². The van der Waals surface area contributed by atoms with E-state index in [1.165, 1.54) is 0 Å². The standard InChI is InChI=1S/C30H37N3O2/c1-6-17-30(4,5)33-29(35)27(18-22-13-9-8-10-14-22)32-28(34)25(21(3)7-2)20-24-19-23-15-11-12-16-26(23)31-24/h1,8-16,19,21,25,27,31H,7,17-18,20H2,2-5H3,(H,32,34)(H,33,35)/t21?,25-,27+/m1/s1. The van der Waals surface area contributed by atoms with E-state index in [9.17, 15) is 9.59 Å². The molecule has 1 aromatic heterocycles. The molecule has 5 heteroatoms. The first kappa shape index (κ1) is 26.1. The second kappa shape index (κ2) is 11.8. The van der Waals surface area contributed by atoms with Crippen molar-refractivity contribution in [1.29, 1.82) is 0 Å². The van der Waals surface area contributed by atoms with Crippen LogP contribution in [0.5, 0.6) is 0 Å². The highest BCUT2D eigenvalue weighted by Crippen LogP contribution is 2.24. The van der Waals surface area contributed by atoms with Crippen molar-refractivity contribution in [2.45, 2.75) is 65.0 Å². The second-order valence-electron chi connectivity index (χ2n) is 10.1. The fourth-order valence-corrected chi connectivity index (χ4v) is 4.37. The van der Waals surface area contributed by atoms with Gasteiger partial charge in [0.25, 0.3) is 0 Å². The number of H-pyrrole nitrogens is 1. The zero-order valence-electron chi connectivity index (χ0n) is 21.2. The molecule has 2 amide bonds. The molecule has 184 valence electrons. The highest BCUT2D eigenvalue weighted by Gasteiger charge is 2.31. The molecule has 0 aliphatic heterocycles. The predicted octanol–water partition coefficient (Wildman–Crippen LogP) is 5.02. The van der Waals surface area contributed by atoms with E-state index >= 15 is 0 Å². The minimum atomic E-state index is -0.698. The number of carbonyl (C=O) groups excluding carboxylic acids is 2. The van der Waals surface area contributed by atoms with Crippen LogP contribution in [0.3, 0.4) is 0 Å². The van der Waals surface area contributed by atoms with Gasteiger partial charge in [-0.3, -0.25) is 9.59 Å². The van der Waals surface area contributed by atoms with Crippen molar-refractivity contribution in [2.24, 2.45) is 11.8 Å². The van der Waals surface area contributed by atoms with E-state index in [0.29, 0.717) is 19.3 Å². The Morgan fingerprint density at radius 1 is 1.03 bits per heavy atom. The van der Waals surface area contributed by atoms with Crippen LogP contribution in [0.2, 0.25) is 0 Å². The van der Waals surface area contributed by atoms with E-state index in [4.69, 9.17) is 6.42 Å². The number of benzene rings is 2. The molecule has 0 saturated carbocycles. The number of terminal acetylenes is 1. The third kappa shape index (κ3) is 7.23. The zero-order valence-corrected chi connectivity index (χ0v) is 21.2. The summed E-state index contributed by atoms with van der Waals surface area (Å²) in [5.74, 6) is 2.17. The molecular formula is C30H37N3O2. The lowest BCUT2D eigenvalue weighted by atomic mass is 9.86. The average Bonchev–Trinajstić information content (AvgIpc) is 3.24. The molecular weight excluding hydrogens is 434 g/mol. The van der Waals surface area contributed by atoms with Crippen LogP contribution in [-0.4, -0.2) is 28.4 Å². The summed E-state index contributed by atoms with van der Waals surface area (Å²) in [6.07, 6.45) is 7.74. The molecule has 0 bridgehead atoms. The van der Waals surface area contributed by atoms with Crippen LogP contribution in [0.15, 0.2) is 60.7 Å². The Morgan fingerprint density at radius 2 is 1.71 bits per heavy atom. The van der Waals surface area contributed by atoms with Gasteiger partial charge in [0.2, 0.25) is 11.8 Å². The summed E-state index contributed by atoms with van der Waals surface area (Å²) in [5, 5.41) is 7.24. The lowest BCUT2D eigenvalue weighted by Gasteiger charge is -2.29. The molecule has 0 spiro atoms. The van der Waals surface area contributed by atoms with E-state index in [1.807, 2.05) is 62.4 Å². The Balaban J connectivity index is 1.82. The van der Waals surface area contributed by atoms with Crippen molar-refractivity contribution < 1.29 is 9.59 Å². The minimum Gasteiger partial charge on any atom is -0.358 e. The molecule has 0 radical (unpaired) electrons. The van der Waals surface area contributed by atoms with E-state index in [1.54, 1.807) is 0 Å². The molecule has 1 unspecified atom stereocenters. The maximum Gasteiger partial charge on any atom is 0.243 e. The van der Waals surface area contributed by atoms with Crippen LogP contribution < -0.4 is 10.6 Å². The minimum absolute atomic E-state index is 0.108. The first-order valence-corrected chi connectivity index (χ1v) is 12.4. The fraction of sp³-hybridized carbons (Fsp3) is 0.400. The molecule has 2 aromatic carbocycles. The van der Waals surface area contributed by atoms with Gasteiger partial charge in [0, 0.05) is 35.5 Å². The smallest absolute Gasteiger partial charge is 0.243 e. The molecule has 0 saturated heterocycles. The molecule has 0 aliphatic carbocycles. The van der Waals surface area contributed by atoms with Crippen LogP contribution in [-0.2, 0) is 22.4 Å². The Bertz CT molecular complexity index is 1140. The molecule has 1 heterocycles. The Morgan fingerprint density at radius 3 is 2.37 bits per heavy atom. The molecule has 3 aromatic rings. The SMILES string of the molecule is C#CCC(C)(C)NC(=O)[C@H](Cc1ccccc1)NC(=O)[C@H](Cc1cc2ccccc2[nH]1)C(C)CC. The number of amides is 2. The number of nitrogens with one attached hydrogen (secondary N) is 3. The average molecular weight is 472 g/mol. The summed E-state index contributed by atoms with van der Waals surface area (Å²) in [6, 6.07) is 19.3. The van der Waals surface area contributed by atoms with Crippen LogP contribution in [0.1, 0.15) is 51.8 Å². The maximum absolute atomic E-state index is 13.6. The van der Waals surface area contributed by atoms with Crippen LogP contribution in [0.4, 0.5) is 0 Å². The van der Waals surface area contributed by atoms with E-state index in [-0.39, 0.29) is 23.7 Å². The number of aromatic amines is 1. The normalized spacial score (nSPS) is 14.0. The van der Waals surface area contributed by atoms with Gasteiger partial charge in [0.05, 0.1) is 0 Å². The molecule has 0 aliphatic rings. The summed E-state index contributed by atoms with van der Waals surface area (Å²) >= 11 is 0. The van der Waals surface area contributed by atoms with Gasteiger partial charge in [-0.2, -0.15) is 0 Å². The second-order valence-corrected chi connectivity index (χ2v) is 10.1. The van der Waals surface area contributed by atoms with Crippen LogP contribution >= 0.6 is 0 Å². The largest absolute Gasteiger partial charge is 0.358 e. The Hall–Kier alpha value is -3.52. The predicted molar refractivity (Wildman–Crippen MR) is 143 cm³/mol. The van der Waals surface area contributed by atoms with Crippen molar-refractivity contribution in [1.82, 2.24) is 15.6 Å². The van der Waals surface area contributed by atoms with Gasteiger partial charge in [0.1, 0.15) is 6.04 Å². The lowest BCUT2D eigenvalue weighted by molar-refractivity contribution is -0.132. The van der Waals surface area contributed by atoms with Crippen molar-refractivity contribution >= 4 is 22.7 Å². The maximum atomic E-state index is 13.6. The van der Waals surface area contributed by atoms with Crippen molar-refractivity contribution in [3.8, 4) is 12.3 Å². The third-order valence-corrected chi connectivity index (χ3v) is 6.61. The number of fused-ring (bicyclic) bond motifs is 1. The van der Waals surface area contributed by atoms with Gasteiger partial charge < -0.3 is 15.6 Å². The molecule has 35 heavy (non-hydrogen) atoms. The zero-order chi connectivity index (χ0) is 25.4. The van der Waals surface area contributed by atoms with Crippen molar-refractivity contribution in [2.75, 3.05) is 0 Å². The summed E-state index contributed by atoms with van der Waals surface area (Å²) in [6.45, 7) is 7.97. The summed E-state index contributed by atoms with van der Waals surface area (Å²) in [5.41, 5.74) is 2.50. The van der Waals surface area contributed by atoms with E-state index in [0.717, 1.165) is 28.6 Å². The van der Waals surface area contributed by atoms with Crippen molar-refractivity contribution in [3.05, 3.63) is 71.9 Å². The Labute approximate surface area is 209 Å². The molecule has 3 atom stereocenters. The van der Waals surface area contributed by atoms with E-state index < -0.39 is 11.6 Å². The van der Waals surface area contributed by atoms with Crippen molar-refractivity contribution in [3.63, 3.8) is 0 Å². The van der Waals surface area contributed by atoms with Gasteiger partial charge in [-0.1, -0.05) is 68.8 Å². The number of rotatable bonds is 11. The van der Waals surface area contributed by atoms with E-state index in [2.05, 4.69) is 47.5 Å². The third-order valence-electron chi connectivity index (χ3n) is 6.61. The van der Waals surface area contributed by atoms with Crippen LogP contribution in [0, 0.1) is 24.2 Å². The molecule has 3 N–H and O–H groups in total. The topological polar surface area (TPSA) is 74.0 Å². The summed E-state index contributed by atoms with van der Waals surface area (Å²) in [4.78, 5) is 30.4. The summed E-state index contributed by atoms with van der Waals surface area (Å²) < 4.78 is 0. The molecule has 5 nitrogen and oxygen atoms in total. The first-order chi connectivity index (χ1) is 16.7. The fourth-order valence-electron chi connectivity index (χ4n) is 4.37. The summed E-state index contributed by atoms with van der Waals surface area (Å²) in [7, 11) is 0. The molecule has 3 rings (SSSR count). The number of hydrogen-bond acceptors (Lipinski definition) is 2. The lowest BCUT2D eigenvalue weighted by Crippen LogP contribution is -2.55. The number of aromatic nitrogens is 1. The Kier molecular flexibility index (Phi) is 8.76. The quantitative estimate of drug-likeness (QED) is 0.344. The monoisotopic (exact) mass is 471 g/mol. The number of para-hydroxylation sites is 1. The van der Waals surface area contributed by atoms with Crippen LogP contribution in [0.25, 0.3) is 10.9 Å². The number of carbonyl (C=O) groups is 2. The highest BCUT2D eigenvalue weighted by atomic mass is 16.2. The van der Waals surface area contributed by atoms with Gasteiger partial charge in [-0.25, -0.2) is 0 Å².